The number of allylic oxidation sites excluding steroid dienone is 1. The Morgan fingerprint density at radius 2 is 1.82 bits per heavy atom. The summed E-state index contributed by atoms with van der Waals surface area (Å²) in [5.41, 5.74) is 2.62. The van der Waals surface area contributed by atoms with Crippen molar-refractivity contribution in [3.05, 3.63) is 131 Å². The number of aromatic nitrogens is 1. The molecular weight excluding hydrogens is 540 g/mol. The first-order valence-corrected chi connectivity index (χ1v) is 14.7. The monoisotopic (exact) mass is 566 g/mol. The van der Waals surface area contributed by atoms with Gasteiger partial charge in [-0.3, -0.25) is 9.36 Å². The van der Waals surface area contributed by atoms with Crippen LogP contribution in [0.2, 0.25) is 0 Å². The zero-order valence-electron chi connectivity index (χ0n) is 22.0. The van der Waals surface area contributed by atoms with Crippen LogP contribution in [-0.2, 0) is 16.1 Å². The Morgan fingerprint density at radius 1 is 1.02 bits per heavy atom. The molecule has 0 saturated carbocycles. The molecule has 1 atom stereocenters. The minimum atomic E-state index is -0.588. The number of para-hydroxylation sites is 1. The second-order valence-corrected chi connectivity index (χ2v) is 11.3. The van der Waals surface area contributed by atoms with Gasteiger partial charge in [0.2, 0.25) is 0 Å². The first-order chi connectivity index (χ1) is 19.5. The van der Waals surface area contributed by atoms with E-state index in [1.165, 1.54) is 22.7 Å². The van der Waals surface area contributed by atoms with Crippen molar-refractivity contribution in [3.8, 4) is 5.75 Å². The van der Waals surface area contributed by atoms with E-state index in [0.717, 1.165) is 26.8 Å². The summed E-state index contributed by atoms with van der Waals surface area (Å²) < 4.78 is 13.8. The molecule has 2 aromatic heterocycles. The molecule has 40 heavy (non-hydrogen) atoms. The molecule has 0 aliphatic carbocycles. The zero-order valence-corrected chi connectivity index (χ0v) is 23.6. The second kappa shape index (κ2) is 11.1. The number of carbonyl (C=O) groups excluding carboxylic acids is 1. The van der Waals surface area contributed by atoms with Crippen molar-refractivity contribution in [1.82, 2.24) is 4.57 Å². The van der Waals surface area contributed by atoms with Crippen molar-refractivity contribution >= 4 is 45.5 Å². The Kier molecular flexibility index (Phi) is 7.19. The highest BCUT2D eigenvalue weighted by Crippen LogP contribution is 2.33. The maximum Gasteiger partial charge on any atom is 0.338 e. The number of thiophene rings is 1. The SMILES string of the molecule is CCOC(=O)C1=C(C)N=c2s/c(=C/c3ccccc3OCc3cccc4ccccc34)c(=O)n2[C@H]1c1cccs1. The minimum absolute atomic E-state index is 0.208. The Hall–Kier alpha value is -4.27. The molecule has 0 unspecified atom stereocenters. The van der Waals surface area contributed by atoms with Crippen LogP contribution in [-0.4, -0.2) is 17.1 Å². The van der Waals surface area contributed by atoms with E-state index in [0.29, 0.717) is 33.0 Å². The first kappa shape index (κ1) is 26.0. The minimum Gasteiger partial charge on any atom is -0.488 e. The van der Waals surface area contributed by atoms with E-state index in [1.807, 2.05) is 66.1 Å². The van der Waals surface area contributed by atoms with E-state index in [-0.39, 0.29) is 12.2 Å². The largest absolute Gasteiger partial charge is 0.488 e. The number of hydrogen-bond acceptors (Lipinski definition) is 7. The van der Waals surface area contributed by atoms with Gasteiger partial charge in [-0.25, -0.2) is 9.79 Å². The van der Waals surface area contributed by atoms with Gasteiger partial charge >= 0.3 is 5.97 Å². The molecular formula is C32H26N2O4S2. The summed E-state index contributed by atoms with van der Waals surface area (Å²) in [5, 5.41) is 4.25. The van der Waals surface area contributed by atoms with Gasteiger partial charge in [0, 0.05) is 10.4 Å². The molecule has 3 aromatic carbocycles. The summed E-state index contributed by atoms with van der Waals surface area (Å²) in [6.07, 6.45) is 1.84. The van der Waals surface area contributed by atoms with Gasteiger partial charge in [0.25, 0.3) is 5.56 Å². The number of nitrogens with zero attached hydrogens (tertiary/aromatic N) is 2. The summed E-state index contributed by atoms with van der Waals surface area (Å²) in [6.45, 7) is 4.20. The number of carbonyl (C=O) groups is 1. The number of hydrogen-bond donors (Lipinski definition) is 0. The van der Waals surface area contributed by atoms with Crippen LogP contribution in [0.25, 0.3) is 16.8 Å². The number of fused-ring (bicyclic) bond motifs is 2. The Bertz CT molecular complexity index is 1930. The van der Waals surface area contributed by atoms with Crippen LogP contribution < -0.4 is 19.6 Å². The standard InChI is InChI=1S/C32H26N2O4S2/c1-3-37-31(36)28-20(2)33-32-34(29(28)26-16-9-17-39-26)30(35)27(40-32)18-22-11-5-7-15-25(22)38-19-23-13-8-12-21-10-4-6-14-24(21)23/h4-18,29H,3,19H2,1-2H3/b27-18+/t29-/m0/s1. The normalized spacial score (nSPS) is 15.2. The molecule has 6 rings (SSSR count). The molecule has 1 aliphatic rings. The zero-order chi connectivity index (χ0) is 27.6. The van der Waals surface area contributed by atoms with Crippen LogP contribution in [0.3, 0.4) is 0 Å². The number of benzene rings is 3. The third-order valence-electron chi connectivity index (χ3n) is 6.80. The molecule has 0 fully saturated rings. The summed E-state index contributed by atoms with van der Waals surface area (Å²) >= 11 is 2.80. The Morgan fingerprint density at radius 3 is 2.65 bits per heavy atom. The highest BCUT2D eigenvalue weighted by Gasteiger charge is 2.33. The van der Waals surface area contributed by atoms with Gasteiger partial charge in [-0.05, 0) is 53.8 Å². The Balaban J connectivity index is 1.40. The van der Waals surface area contributed by atoms with Crippen LogP contribution >= 0.6 is 22.7 Å². The van der Waals surface area contributed by atoms with E-state index in [9.17, 15) is 9.59 Å². The van der Waals surface area contributed by atoms with Gasteiger partial charge in [0.1, 0.15) is 18.4 Å². The van der Waals surface area contributed by atoms with Gasteiger partial charge in [-0.1, -0.05) is 78.1 Å². The van der Waals surface area contributed by atoms with Gasteiger partial charge < -0.3 is 9.47 Å². The van der Waals surface area contributed by atoms with Crippen molar-refractivity contribution in [2.45, 2.75) is 26.5 Å². The summed E-state index contributed by atoms with van der Waals surface area (Å²) in [5.74, 6) is 0.225. The lowest BCUT2D eigenvalue weighted by atomic mass is 10.0. The lowest BCUT2D eigenvalue weighted by Crippen LogP contribution is -2.39. The topological polar surface area (TPSA) is 69.9 Å². The van der Waals surface area contributed by atoms with Gasteiger partial charge in [-0.15, -0.1) is 11.3 Å². The number of esters is 1. The number of rotatable bonds is 7. The molecule has 5 aromatic rings. The predicted molar refractivity (Wildman–Crippen MR) is 159 cm³/mol. The molecule has 0 radical (unpaired) electrons. The highest BCUT2D eigenvalue weighted by atomic mass is 32.1. The number of thiazole rings is 1. The molecule has 1 aliphatic heterocycles. The smallest absolute Gasteiger partial charge is 0.338 e. The van der Waals surface area contributed by atoms with Crippen molar-refractivity contribution in [1.29, 1.82) is 0 Å². The summed E-state index contributed by atoms with van der Waals surface area (Å²) in [6, 6.07) is 25.4. The summed E-state index contributed by atoms with van der Waals surface area (Å²) in [7, 11) is 0. The van der Waals surface area contributed by atoms with Crippen molar-refractivity contribution in [2.24, 2.45) is 4.99 Å². The van der Waals surface area contributed by atoms with Crippen LogP contribution in [0, 0.1) is 0 Å². The molecule has 0 N–H and O–H groups in total. The number of ether oxygens (including phenoxy) is 2. The molecule has 8 heteroatoms. The molecule has 0 amide bonds. The van der Waals surface area contributed by atoms with E-state index in [4.69, 9.17) is 9.47 Å². The lowest BCUT2D eigenvalue weighted by Gasteiger charge is -2.23. The molecule has 0 bridgehead atoms. The quantitative estimate of drug-likeness (QED) is 0.241. The molecule has 3 heterocycles. The van der Waals surface area contributed by atoms with Gasteiger partial charge in [0.05, 0.1) is 22.4 Å². The van der Waals surface area contributed by atoms with Gasteiger partial charge in [0.15, 0.2) is 4.80 Å². The first-order valence-electron chi connectivity index (χ1n) is 13.0. The van der Waals surface area contributed by atoms with Crippen LogP contribution in [0.5, 0.6) is 5.75 Å². The molecule has 0 spiro atoms. The maximum atomic E-state index is 13.9. The van der Waals surface area contributed by atoms with Crippen molar-refractivity contribution in [2.75, 3.05) is 6.61 Å². The fourth-order valence-corrected chi connectivity index (χ4v) is 6.81. The summed E-state index contributed by atoms with van der Waals surface area (Å²) in [4.78, 5) is 32.9. The average Bonchev–Trinajstić information content (AvgIpc) is 3.60. The molecule has 6 nitrogen and oxygen atoms in total. The molecule has 0 saturated heterocycles. The van der Waals surface area contributed by atoms with Gasteiger partial charge in [-0.2, -0.15) is 0 Å². The van der Waals surface area contributed by atoms with E-state index >= 15 is 0 Å². The fraction of sp³-hybridized carbons (Fsp3) is 0.156. The van der Waals surface area contributed by atoms with Crippen LogP contribution in [0.15, 0.2) is 105 Å². The maximum absolute atomic E-state index is 13.9. The lowest BCUT2D eigenvalue weighted by molar-refractivity contribution is -0.139. The van der Waals surface area contributed by atoms with E-state index in [1.54, 1.807) is 18.4 Å². The highest BCUT2D eigenvalue weighted by molar-refractivity contribution is 7.10. The fourth-order valence-electron chi connectivity index (χ4n) is 4.95. The van der Waals surface area contributed by atoms with Crippen molar-refractivity contribution in [3.63, 3.8) is 0 Å². The average molecular weight is 567 g/mol. The van der Waals surface area contributed by atoms with E-state index < -0.39 is 12.0 Å². The van der Waals surface area contributed by atoms with E-state index in [2.05, 4.69) is 29.3 Å². The molecule has 200 valence electrons. The third kappa shape index (κ3) is 4.80. The van der Waals surface area contributed by atoms with Crippen LogP contribution in [0.1, 0.15) is 35.9 Å². The third-order valence-corrected chi connectivity index (χ3v) is 8.71. The van der Waals surface area contributed by atoms with Crippen molar-refractivity contribution < 1.29 is 14.3 Å². The predicted octanol–water partition coefficient (Wildman–Crippen LogP) is 5.59. The second-order valence-electron chi connectivity index (χ2n) is 9.28. The Labute approximate surface area is 238 Å². The van der Waals surface area contributed by atoms with Crippen LogP contribution in [0.4, 0.5) is 0 Å².